The van der Waals surface area contributed by atoms with Crippen LogP contribution in [0, 0.1) is 0 Å². The van der Waals surface area contributed by atoms with Gasteiger partial charge in [-0.2, -0.15) is 0 Å². The number of allylic oxidation sites excluding steroid dienone is 14. The van der Waals surface area contributed by atoms with E-state index in [1.807, 2.05) is 0 Å². The van der Waals surface area contributed by atoms with Crippen molar-refractivity contribution < 1.29 is 28.6 Å². The first-order chi connectivity index (χ1) is 35.5. The zero-order valence-electron chi connectivity index (χ0n) is 47.4. The van der Waals surface area contributed by atoms with Crippen LogP contribution in [0.1, 0.15) is 297 Å². The van der Waals surface area contributed by atoms with Crippen LogP contribution in [-0.2, 0) is 28.6 Å². The van der Waals surface area contributed by atoms with Crippen molar-refractivity contribution in [3.05, 3.63) is 85.1 Å². The summed E-state index contributed by atoms with van der Waals surface area (Å²) < 4.78 is 16.8. The van der Waals surface area contributed by atoms with Crippen molar-refractivity contribution in [1.29, 1.82) is 0 Å². The van der Waals surface area contributed by atoms with Gasteiger partial charge in [0.1, 0.15) is 13.2 Å². The molecule has 6 nitrogen and oxygen atoms in total. The van der Waals surface area contributed by atoms with Gasteiger partial charge < -0.3 is 14.2 Å². The Morgan fingerprint density at radius 3 is 0.861 bits per heavy atom. The Morgan fingerprint density at radius 2 is 0.542 bits per heavy atom. The Bertz CT molecular complexity index is 1380. The topological polar surface area (TPSA) is 78.9 Å². The van der Waals surface area contributed by atoms with E-state index in [4.69, 9.17) is 14.2 Å². The molecule has 0 rings (SSSR count). The molecule has 0 radical (unpaired) electrons. The summed E-state index contributed by atoms with van der Waals surface area (Å²) in [6.07, 6.45) is 78.8. The lowest BCUT2D eigenvalue weighted by atomic mass is 10.1. The first-order valence-corrected chi connectivity index (χ1v) is 30.6. The third-order valence-electron chi connectivity index (χ3n) is 13.1. The predicted octanol–water partition coefficient (Wildman–Crippen LogP) is 20.7. The molecular formula is C66H114O6. The number of hydrogen-bond acceptors (Lipinski definition) is 6. The van der Waals surface area contributed by atoms with Crippen LogP contribution in [0.5, 0.6) is 0 Å². The van der Waals surface area contributed by atoms with Gasteiger partial charge in [-0.1, -0.05) is 266 Å². The van der Waals surface area contributed by atoms with Crippen LogP contribution in [-0.4, -0.2) is 37.2 Å². The molecule has 0 heterocycles. The standard InChI is InChI=1S/C66H114O6/c1-4-7-10-13-16-19-21-23-25-27-28-29-30-31-32-33-34-35-36-37-38-40-41-43-45-47-50-53-56-59-65(68)71-62-63(61-70-64(67)58-55-52-49-18-15-12-9-6-3)72-66(69)60-57-54-51-48-46-44-42-39-26-24-22-20-17-14-11-8-5-2/h7,10,16,19,23-26,28-29,31-32,34-35,63H,4-6,8-9,11-15,17-18,20-22,27,30,33,36-62H2,1-3H3/b10-7-,19-16-,25-23-,26-24-,29-28-,32-31-,35-34-. The van der Waals surface area contributed by atoms with Crippen LogP contribution < -0.4 is 0 Å². The first kappa shape index (κ1) is 68.6. The molecule has 0 aromatic rings. The number of hydrogen-bond donors (Lipinski definition) is 0. The summed E-state index contributed by atoms with van der Waals surface area (Å²) in [5.41, 5.74) is 0. The van der Waals surface area contributed by atoms with Crippen molar-refractivity contribution >= 4 is 17.9 Å². The van der Waals surface area contributed by atoms with Gasteiger partial charge in [0, 0.05) is 19.3 Å². The number of unbranched alkanes of at least 4 members (excludes halogenated alkanes) is 30. The Kier molecular flexibility index (Phi) is 57.3. The van der Waals surface area contributed by atoms with E-state index in [1.165, 1.54) is 161 Å². The molecule has 6 heteroatoms. The largest absolute Gasteiger partial charge is 0.462 e. The van der Waals surface area contributed by atoms with Gasteiger partial charge in [-0.25, -0.2) is 0 Å². The number of esters is 3. The van der Waals surface area contributed by atoms with E-state index in [1.54, 1.807) is 0 Å². The summed E-state index contributed by atoms with van der Waals surface area (Å²) in [6, 6.07) is 0. The van der Waals surface area contributed by atoms with E-state index in [2.05, 4.69) is 106 Å². The molecule has 72 heavy (non-hydrogen) atoms. The second-order valence-corrected chi connectivity index (χ2v) is 20.2. The molecule has 1 unspecified atom stereocenters. The molecule has 0 bridgehead atoms. The molecule has 0 aliphatic carbocycles. The van der Waals surface area contributed by atoms with Crippen LogP contribution in [0.3, 0.4) is 0 Å². The van der Waals surface area contributed by atoms with Crippen LogP contribution in [0.25, 0.3) is 0 Å². The average molecular weight is 1000 g/mol. The molecule has 0 aliphatic rings. The highest BCUT2D eigenvalue weighted by molar-refractivity contribution is 5.71. The van der Waals surface area contributed by atoms with Crippen LogP contribution in [0.15, 0.2) is 85.1 Å². The normalized spacial score (nSPS) is 12.7. The second kappa shape index (κ2) is 60.1. The van der Waals surface area contributed by atoms with E-state index < -0.39 is 6.10 Å². The summed E-state index contributed by atoms with van der Waals surface area (Å²) in [7, 11) is 0. The molecular weight excluding hydrogens is 889 g/mol. The maximum atomic E-state index is 12.8. The molecule has 0 saturated heterocycles. The molecule has 0 fully saturated rings. The quantitative estimate of drug-likeness (QED) is 0.0261. The summed E-state index contributed by atoms with van der Waals surface area (Å²) in [4.78, 5) is 38.1. The van der Waals surface area contributed by atoms with Gasteiger partial charge >= 0.3 is 17.9 Å². The first-order valence-electron chi connectivity index (χ1n) is 30.6. The summed E-state index contributed by atoms with van der Waals surface area (Å²) in [6.45, 7) is 6.50. The second-order valence-electron chi connectivity index (χ2n) is 20.2. The summed E-state index contributed by atoms with van der Waals surface area (Å²) in [5.74, 6) is -0.882. The maximum absolute atomic E-state index is 12.8. The van der Waals surface area contributed by atoms with E-state index in [-0.39, 0.29) is 31.1 Å². The minimum Gasteiger partial charge on any atom is -0.462 e. The molecule has 0 amide bonds. The smallest absolute Gasteiger partial charge is 0.306 e. The van der Waals surface area contributed by atoms with Gasteiger partial charge in [-0.05, 0) is 96.3 Å². The van der Waals surface area contributed by atoms with Gasteiger partial charge in [0.05, 0.1) is 0 Å². The van der Waals surface area contributed by atoms with Crippen LogP contribution in [0.2, 0.25) is 0 Å². The van der Waals surface area contributed by atoms with Gasteiger partial charge in [0.25, 0.3) is 0 Å². The average Bonchev–Trinajstić information content (AvgIpc) is 3.38. The van der Waals surface area contributed by atoms with Gasteiger partial charge in [-0.15, -0.1) is 0 Å². The van der Waals surface area contributed by atoms with Crippen molar-refractivity contribution in [2.24, 2.45) is 0 Å². The highest BCUT2D eigenvalue weighted by Crippen LogP contribution is 2.16. The third kappa shape index (κ3) is 57.5. The lowest BCUT2D eigenvalue weighted by Gasteiger charge is -2.18. The van der Waals surface area contributed by atoms with Crippen LogP contribution >= 0.6 is 0 Å². The minimum atomic E-state index is -0.777. The fourth-order valence-corrected chi connectivity index (χ4v) is 8.56. The van der Waals surface area contributed by atoms with E-state index in [0.29, 0.717) is 19.3 Å². The van der Waals surface area contributed by atoms with E-state index >= 15 is 0 Å². The zero-order chi connectivity index (χ0) is 52.2. The SMILES string of the molecule is CC/C=C\C/C=C\C/C=C\C/C=C\C/C=C\C/C=C\CCCCCCCCCCCCC(=O)OCC(COC(=O)CCCCCCCCCC)OC(=O)CCCCCCCCC/C=C\CCCCCCCC. The Labute approximate surface area is 445 Å². The molecule has 414 valence electrons. The zero-order valence-corrected chi connectivity index (χ0v) is 47.4. The fraction of sp³-hybridized carbons (Fsp3) is 0.742. The summed E-state index contributed by atoms with van der Waals surface area (Å²) in [5, 5.41) is 0. The minimum absolute atomic E-state index is 0.0768. The van der Waals surface area contributed by atoms with Crippen molar-refractivity contribution in [1.82, 2.24) is 0 Å². The van der Waals surface area contributed by atoms with Crippen LogP contribution in [0.4, 0.5) is 0 Å². The predicted molar refractivity (Wildman–Crippen MR) is 311 cm³/mol. The van der Waals surface area contributed by atoms with E-state index in [0.717, 1.165) is 96.3 Å². The Hall–Kier alpha value is -3.41. The van der Waals surface area contributed by atoms with Gasteiger partial charge in [0.15, 0.2) is 6.10 Å². The van der Waals surface area contributed by atoms with Crippen molar-refractivity contribution in [2.75, 3.05) is 13.2 Å². The molecule has 1 atom stereocenters. The van der Waals surface area contributed by atoms with E-state index in [9.17, 15) is 14.4 Å². The summed E-state index contributed by atoms with van der Waals surface area (Å²) >= 11 is 0. The lowest BCUT2D eigenvalue weighted by Crippen LogP contribution is -2.30. The lowest BCUT2D eigenvalue weighted by molar-refractivity contribution is -0.167. The third-order valence-corrected chi connectivity index (χ3v) is 13.1. The monoisotopic (exact) mass is 1000 g/mol. The van der Waals surface area contributed by atoms with Crippen molar-refractivity contribution in [2.45, 2.75) is 303 Å². The molecule has 0 aromatic carbocycles. The number of ether oxygens (including phenoxy) is 3. The van der Waals surface area contributed by atoms with Crippen molar-refractivity contribution in [3.8, 4) is 0 Å². The molecule has 0 spiro atoms. The Morgan fingerprint density at radius 1 is 0.292 bits per heavy atom. The van der Waals surface area contributed by atoms with Crippen molar-refractivity contribution in [3.63, 3.8) is 0 Å². The number of rotatable bonds is 55. The number of carbonyl (C=O) groups excluding carboxylic acids is 3. The molecule has 0 saturated carbocycles. The number of carbonyl (C=O) groups is 3. The fourth-order valence-electron chi connectivity index (χ4n) is 8.56. The molecule has 0 aromatic heterocycles. The van der Waals surface area contributed by atoms with Gasteiger partial charge in [0.2, 0.25) is 0 Å². The molecule has 0 aliphatic heterocycles. The maximum Gasteiger partial charge on any atom is 0.306 e. The van der Waals surface area contributed by atoms with Gasteiger partial charge in [-0.3, -0.25) is 14.4 Å². The highest BCUT2D eigenvalue weighted by Gasteiger charge is 2.19. The highest BCUT2D eigenvalue weighted by atomic mass is 16.6. The Balaban J connectivity index is 4.17. The molecule has 0 N–H and O–H groups in total.